The maximum absolute atomic E-state index is 5.79. The van der Waals surface area contributed by atoms with Crippen LogP contribution in [0.15, 0.2) is 35.3 Å². The summed E-state index contributed by atoms with van der Waals surface area (Å²) < 4.78 is 5.59. The maximum Gasteiger partial charge on any atom is 0.188 e. The van der Waals surface area contributed by atoms with Gasteiger partial charge in [0.15, 0.2) is 5.96 Å². The molecule has 1 aliphatic carbocycles. The molecule has 0 spiro atoms. The van der Waals surface area contributed by atoms with E-state index in [2.05, 4.69) is 10.3 Å². The van der Waals surface area contributed by atoms with Crippen molar-refractivity contribution in [1.29, 1.82) is 0 Å². The standard InChI is InChI=1S/C15H23N3O.HI/c16-15(18-12-13-6-4-7-13)17-10-5-11-19-14-8-2-1-3-9-14;/h1-3,8-9,13H,4-7,10-12H2,(H3,16,17,18);1H. The van der Waals surface area contributed by atoms with E-state index in [4.69, 9.17) is 10.5 Å². The largest absolute Gasteiger partial charge is 0.494 e. The molecule has 1 aromatic carbocycles. The monoisotopic (exact) mass is 389 g/mol. The van der Waals surface area contributed by atoms with E-state index in [-0.39, 0.29) is 24.0 Å². The van der Waals surface area contributed by atoms with E-state index in [9.17, 15) is 0 Å². The van der Waals surface area contributed by atoms with Crippen LogP contribution in [-0.4, -0.2) is 25.7 Å². The number of ether oxygens (including phenoxy) is 1. The van der Waals surface area contributed by atoms with Gasteiger partial charge in [0, 0.05) is 13.1 Å². The normalized spacial score (nSPS) is 15.1. The summed E-state index contributed by atoms with van der Waals surface area (Å²) in [4.78, 5) is 4.34. The Balaban J connectivity index is 0.00000200. The van der Waals surface area contributed by atoms with E-state index in [1.165, 1.54) is 19.3 Å². The van der Waals surface area contributed by atoms with Crippen LogP contribution in [0, 0.1) is 5.92 Å². The second-order valence-corrected chi connectivity index (χ2v) is 4.96. The van der Waals surface area contributed by atoms with Gasteiger partial charge in [0.1, 0.15) is 5.75 Å². The fourth-order valence-corrected chi connectivity index (χ4v) is 1.95. The van der Waals surface area contributed by atoms with E-state index in [1.54, 1.807) is 0 Å². The molecule has 0 amide bonds. The molecule has 0 aromatic heterocycles. The highest BCUT2D eigenvalue weighted by molar-refractivity contribution is 14.0. The van der Waals surface area contributed by atoms with Gasteiger partial charge in [0.05, 0.1) is 6.61 Å². The van der Waals surface area contributed by atoms with Gasteiger partial charge in [-0.05, 0) is 37.3 Å². The highest BCUT2D eigenvalue weighted by Crippen LogP contribution is 2.26. The Morgan fingerprint density at radius 1 is 1.30 bits per heavy atom. The lowest BCUT2D eigenvalue weighted by molar-refractivity contribution is 0.311. The Bertz CT molecular complexity index is 393. The lowest BCUT2D eigenvalue weighted by Crippen LogP contribution is -2.34. The molecule has 0 heterocycles. The first-order chi connectivity index (χ1) is 9.34. The molecular weight excluding hydrogens is 365 g/mol. The van der Waals surface area contributed by atoms with E-state index < -0.39 is 0 Å². The molecular formula is C15H24IN3O. The lowest BCUT2D eigenvalue weighted by atomic mass is 9.86. The van der Waals surface area contributed by atoms with E-state index in [0.717, 1.165) is 31.2 Å². The molecule has 5 heteroatoms. The van der Waals surface area contributed by atoms with Gasteiger partial charge in [-0.25, -0.2) is 0 Å². The molecule has 1 fully saturated rings. The van der Waals surface area contributed by atoms with Crippen molar-refractivity contribution in [3.05, 3.63) is 30.3 Å². The number of hydrogen-bond donors (Lipinski definition) is 2. The third-order valence-corrected chi connectivity index (χ3v) is 3.38. The van der Waals surface area contributed by atoms with Crippen LogP contribution in [0.2, 0.25) is 0 Å². The number of halogens is 1. The molecule has 4 nitrogen and oxygen atoms in total. The quantitative estimate of drug-likeness (QED) is 0.326. The second kappa shape index (κ2) is 9.85. The minimum absolute atomic E-state index is 0. The first kappa shape index (κ1) is 17.1. The molecule has 0 radical (unpaired) electrons. The number of nitrogens with zero attached hydrogens (tertiary/aromatic N) is 1. The summed E-state index contributed by atoms with van der Waals surface area (Å²) >= 11 is 0. The second-order valence-electron chi connectivity index (χ2n) is 4.96. The maximum atomic E-state index is 5.79. The Labute approximate surface area is 138 Å². The number of aliphatic imine (C=N–C) groups is 1. The molecule has 0 aliphatic heterocycles. The molecule has 2 rings (SSSR count). The molecule has 1 aromatic rings. The number of guanidine groups is 1. The zero-order chi connectivity index (χ0) is 13.3. The highest BCUT2D eigenvalue weighted by Gasteiger charge is 2.16. The van der Waals surface area contributed by atoms with Gasteiger partial charge in [-0.3, -0.25) is 4.99 Å². The minimum Gasteiger partial charge on any atom is -0.494 e. The summed E-state index contributed by atoms with van der Waals surface area (Å²) in [5.74, 6) is 2.24. The van der Waals surface area contributed by atoms with Crippen molar-refractivity contribution in [3.63, 3.8) is 0 Å². The molecule has 1 aliphatic rings. The smallest absolute Gasteiger partial charge is 0.188 e. The summed E-state index contributed by atoms with van der Waals surface area (Å²) in [7, 11) is 0. The third kappa shape index (κ3) is 6.45. The van der Waals surface area contributed by atoms with Crippen LogP contribution < -0.4 is 15.8 Å². The summed E-state index contributed by atoms with van der Waals surface area (Å²) in [5.41, 5.74) is 5.79. The Kier molecular flexibility index (Phi) is 8.41. The van der Waals surface area contributed by atoms with Crippen LogP contribution in [0.4, 0.5) is 0 Å². The average Bonchev–Trinajstić information content (AvgIpc) is 2.38. The van der Waals surface area contributed by atoms with E-state index >= 15 is 0 Å². The zero-order valence-electron chi connectivity index (χ0n) is 11.8. The number of nitrogens with one attached hydrogen (secondary N) is 1. The topological polar surface area (TPSA) is 59.6 Å². The number of rotatable bonds is 7. The van der Waals surface area contributed by atoms with Crippen molar-refractivity contribution in [2.24, 2.45) is 16.6 Å². The van der Waals surface area contributed by atoms with Gasteiger partial charge in [-0.2, -0.15) is 0 Å². The zero-order valence-corrected chi connectivity index (χ0v) is 14.1. The van der Waals surface area contributed by atoms with Gasteiger partial charge < -0.3 is 15.8 Å². The van der Waals surface area contributed by atoms with Crippen LogP contribution >= 0.6 is 24.0 Å². The summed E-state index contributed by atoms with van der Waals surface area (Å²) in [6.07, 6.45) is 4.88. The van der Waals surface area contributed by atoms with Crippen molar-refractivity contribution in [3.8, 4) is 5.75 Å². The number of nitrogens with two attached hydrogens (primary N) is 1. The summed E-state index contributed by atoms with van der Waals surface area (Å²) in [6, 6.07) is 9.84. The van der Waals surface area contributed by atoms with Gasteiger partial charge >= 0.3 is 0 Å². The van der Waals surface area contributed by atoms with Crippen LogP contribution in [0.3, 0.4) is 0 Å². The summed E-state index contributed by atoms with van der Waals surface area (Å²) in [5, 5.41) is 3.12. The molecule has 0 bridgehead atoms. The van der Waals surface area contributed by atoms with Gasteiger partial charge in [0.25, 0.3) is 0 Å². The van der Waals surface area contributed by atoms with Crippen LogP contribution in [0.25, 0.3) is 0 Å². The molecule has 0 atom stereocenters. The molecule has 0 unspecified atom stereocenters. The van der Waals surface area contributed by atoms with Gasteiger partial charge in [-0.15, -0.1) is 24.0 Å². The van der Waals surface area contributed by atoms with Crippen molar-refractivity contribution < 1.29 is 4.74 Å². The van der Waals surface area contributed by atoms with E-state index in [1.807, 2.05) is 30.3 Å². The molecule has 0 saturated heterocycles. The predicted octanol–water partition coefficient (Wildman–Crippen LogP) is 2.78. The molecule has 112 valence electrons. The Hall–Kier alpha value is -0.980. The SMILES string of the molecule is I.NC(=NCC1CCC1)NCCCOc1ccccc1. The Morgan fingerprint density at radius 3 is 2.70 bits per heavy atom. The van der Waals surface area contributed by atoms with Crippen LogP contribution in [-0.2, 0) is 0 Å². The fraction of sp³-hybridized carbons (Fsp3) is 0.533. The van der Waals surface area contributed by atoms with Crippen molar-refractivity contribution in [1.82, 2.24) is 5.32 Å². The first-order valence-corrected chi connectivity index (χ1v) is 7.06. The minimum atomic E-state index is 0. The number of hydrogen-bond acceptors (Lipinski definition) is 2. The van der Waals surface area contributed by atoms with Gasteiger partial charge in [-0.1, -0.05) is 24.6 Å². The lowest BCUT2D eigenvalue weighted by Gasteiger charge is -2.23. The van der Waals surface area contributed by atoms with Crippen molar-refractivity contribution in [2.75, 3.05) is 19.7 Å². The average molecular weight is 389 g/mol. The highest BCUT2D eigenvalue weighted by atomic mass is 127. The van der Waals surface area contributed by atoms with Crippen LogP contribution in [0.5, 0.6) is 5.75 Å². The van der Waals surface area contributed by atoms with E-state index in [0.29, 0.717) is 12.6 Å². The molecule has 1 saturated carbocycles. The first-order valence-electron chi connectivity index (χ1n) is 7.06. The molecule has 3 N–H and O–H groups in total. The molecule has 20 heavy (non-hydrogen) atoms. The summed E-state index contributed by atoms with van der Waals surface area (Å²) in [6.45, 7) is 2.36. The predicted molar refractivity (Wildman–Crippen MR) is 93.8 cm³/mol. The van der Waals surface area contributed by atoms with Gasteiger partial charge in [0.2, 0.25) is 0 Å². The third-order valence-electron chi connectivity index (χ3n) is 3.38. The fourth-order valence-electron chi connectivity index (χ4n) is 1.95. The van der Waals surface area contributed by atoms with Crippen molar-refractivity contribution in [2.45, 2.75) is 25.7 Å². The van der Waals surface area contributed by atoms with Crippen LogP contribution in [0.1, 0.15) is 25.7 Å². The number of para-hydroxylation sites is 1. The Morgan fingerprint density at radius 2 is 2.05 bits per heavy atom. The van der Waals surface area contributed by atoms with Crippen molar-refractivity contribution >= 4 is 29.9 Å². The number of benzene rings is 1.